The van der Waals surface area contributed by atoms with Crippen LogP contribution in [0.1, 0.15) is 6.42 Å². The van der Waals surface area contributed by atoms with Gasteiger partial charge in [0, 0.05) is 6.20 Å². The molecule has 0 aliphatic carbocycles. The van der Waals surface area contributed by atoms with Crippen LogP contribution in [0.3, 0.4) is 0 Å². The molecule has 2 N–H and O–H groups in total. The molecule has 0 saturated carbocycles. The average molecular weight is 136 g/mol. The summed E-state index contributed by atoms with van der Waals surface area (Å²) in [6, 6.07) is 2.02. The highest BCUT2D eigenvalue weighted by molar-refractivity contribution is 5.30. The summed E-state index contributed by atoms with van der Waals surface area (Å²) in [6.07, 6.45) is 3.75. The van der Waals surface area contributed by atoms with Crippen molar-refractivity contribution in [2.24, 2.45) is 0 Å². The number of aryl methyl sites for hydroxylation is 1. The second kappa shape index (κ2) is 2.87. The van der Waals surface area contributed by atoms with Crippen LogP contribution in [-0.2, 0) is 6.54 Å². The van der Waals surface area contributed by atoms with Crippen molar-refractivity contribution in [3.8, 4) is 6.07 Å². The number of rotatable bonds is 2. The van der Waals surface area contributed by atoms with Gasteiger partial charge < -0.3 is 5.73 Å². The molecule has 0 aromatic carbocycles. The van der Waals surface area contributed by atoms with E-state index in [0.717, 1.165) is 0 Å². The molecule has 1 aromatic heterocycles. The molecule has 1 heterocycles. The normalized spacial score (nSPS) is 9.10. The number of aromatic nitrogens is 2. The molecule has 10 heavy (non-hydrogen) atoms. The maximum Gasteiger partial charge on any atom is 0.0719 e. The van der Waals surface area contributed by atoms with Gasteiger partial charge in [-0.2, -0.15) is 10.4 Å². The third kappa shape index (κ3) is 1.49. The van der Waals surface area contributed by atoms with E-state index in [4.69, 9.17) is 11.0 Å². The van der Waals surface area contributed by atoms with Gasteiger partial charge in [-0.15, -0.1) is 0 Å². The van der Waals surface area contributed by atoms with Crippen molar-refractivity contribution in [2.75, 3.05) is 5.73 Å². The van der Waals surface area contributed by atoms with Crippen LogP contribution in [0.4, 0.5) is 5.69 Å². The van der Waals surface area contributed by atoms with Crippen molar-refractivity contribution in [2.45, 2.75) is 13.0 Å². The van der Waals surface area contributed by atoms with Gasteiger partial charge in [-0.25, -0.2) is 0 Å². The highest BCUT2D eigenvalue weighted by atomic mass is 15.3. The number of nitriles is 1. The van der Waals surface area contributed by atoms with E-state index in [1.807, 2.05) is 6.07 Å². The van der Waals surface area contributed by atoms with E-state index in [9.17, 15) is 0 Å². The maximum absolute atomic E-state index is 8.21. The van der Waals surface area contributed by atoms with Gasteiger partial charge in [0.25, 0.3) is 0 Å². The Morgan fingerprint density at radius 2 is 2.60 bits per heavy atom. The van der Waals surface area contributed by atoms with Crippen molar-refractivity contribution < 1.29 is 0 Å². The summed E-state index contributed by atoms with van der Waals surface area (Å²) in [5.74, 6) is 0. The number of nitrogens with zero attached hydrogens (tertiary/aromatic N) is 3. The number of nitrogen functional groups attached to an aromatic ring is 1. The lowest BCUT2D eigenvalue weighted by atomic mass is 10.5. The number of nitrogens with two attached hydrogens (primary N) is 1. The van der Waals surface area contributed by atoms with Crippen LogP contribution in [0.2, 0.25) is 0 Å². The molecular weight excluding hydrogens is 128 g/mol. The third-order valence-corrected chi connectivity index (χ3v) is 1.11. The summed E-state index contributed by atoms with van der Waals surface area (Å²) >= 11 is 0. The van der Waals surface area contributed by atoms with Crippen LogP contribution in [0, 0.1) is 11.3 Å². The first-order valence-electron chi connectivity index (χ1n) is 2.98. The van der Waals surface area contributed by atoms with Gasteiger partial charge >= 0.3 is 0 Å². The molecule has 0 amide bonds. The zero-order chi connectivity index (χ0) is 7.40. The number of hydrogen-bond acceptors (Lipinski definition) is 3. The second-order valence-corrected chi connectivity index (χ2v) is 1.94. The number of hydrogen-bond donors (Lipinski definition) is 1. The minimum Gasteiger partial charge on any atom is -0.396 e. The molecule has 0 bridgehead atoms. The smallest absolute Gasteiger partial charge is 0.0719 e. The summed E-state index contributed by atoms with van der Waals surface area (Å²) < 4.78 is 1.65. The first-order chi connectivity index (χ1) is 4.83. The van der Waals surface area contributed by atoms with E-state index in [1.54, 1.807) is 17.1 Å². The largest absolute Gasteiger partial charge is 0.396 e. The molecule has 0 aliphatic rings. The Morgan fingerprint density at radius 1 is 1.80 bits per heavy atom. The molecule has 0 radical (unpaired) electrons. The highest BCUT2D eigenvalue weighted by Crippen LogP contribution is 1.97. The van der Waals surface area contributed by atoms with Crippen LogP contribution in [0.5, 0.6) is 0 Å². The topological polar surface area (TPSA) is 67.6 Å². The minimum absolute atomic E-state index is 0.473. The molecule has 4 heteroatoms. The zero-order valence-electron chi connectivity index (χ0n) is 5.49. The lowest BCUT2D eigenvalue weighted by molar-refractivity contribution is 0.628. The molecule has 0 fully saturated rings. The average Bonchev–Trinajstić information content (AvgIpc) is 2.31. The first-order valence-corrected chi connectivity index (χ1v) is 2.98. The van der Waals surface area contributed by atoms with E-state index in [2.05, 4.69) is 5.10 Å². The fourth-order valence-corrected chi connectivity index (χ4v) is 0.666. The highest BCUT2D eigenvalue weighted by Gasteiger charge is 1.91. The Bertz CT molecular complexity index is 244. The molecule has 4 nitrogen and oxygen atoms in total. The van der Waals surface area contributed by atoms with Gasteiger partial charge in [-0.1, -0.05) is 0 Å². The summed E-state index contributed by atoms with van der Waals surface area (Å²) in [5.41, 5.74) is 6.02. The van der Waals surface area contributed by atoms with Crippen LogP contribution < -0.4 is 5.73 Å². The van der Waals surface area contributed by atoms with Crippen LogP contribution in [0.25, 0.3) is 0 Å². The molecule has 0 aliphatic heterocycles. The molecule has 0 atom stereocenters. The molecule has 1 rings (SSSR count). The van der Waals surface area contributed by atoms with E-state index in [-0.39, 0.29) is 0 Å². The molecule has 0 unspecified atom stereocenters. The zero-order valence-corrected chi connectivity index (χ0v) is 5.49. The standard InChI is InChI=1S/C6H8N4/c7-2-1-3-10-5-6(8)4-9-10/h4-5H,1,3,8H2. The first kappa shape index (κ1) is 6.62. The van der Waals surface area contributed by atoms with Gasteiger partial charge in [0.1, 0.15) is 0 Å². The van der Waals surface area contributed by atoms with Crippen LogP contribution >= 0.6 is 0 Å². The van der Waals surface area contributed by atoms with Gasteiger partial charge in [-0.3, -0.25) is 4.68 Å². The Kier molecular flexibility index (Phi) is 1.90. The molecular formula is C6H8N4. The summed E-state index contributed by atoms with van der Waals surface area (Å²) in [7, 11) is 0. The van der Waals surface area contributed by atoms with Crippen molar-refractivity contribution in [3.63, 3.8) is 0 Å². The molecule has 1 aromatic rings. The monoisotopic (exact) mass is 136 g/mol. The fraction of sp³-hybridized carbons (Fsp3) is 0.333. The van der Waals surface area contributed by atoms with E-state index < -0.39 is 0 Å². The predicted octanol–water partition coefficient (Wildman–Crippen LogP) is 0.379. The van der Waals surface area contributed by atoms with Gasteiger partial charge in [-0.05, 0) is 0 Å². The Balaban J connectivity index is 2.52. The SMILES string of the molecule is N#CCCn1cc(N)cn1. The minimum atomic E-state index is 0.473. The quantitative estimate of drug-likeness (QED) is 0.639. The van der Waals surface area contributed by atoms with Gasteiger partial charge in [0.05, 0.1) is 30.9 Å². The van der Waals surface area contributed by atoms with Crippen molar-refractivity contribution in [1.29, 1.82) is 5.26 Å². The maximum atomic E-state index is 8.21. The Morgan fingerprint density at radius 3 is 3.10 bits per heavy atom. The summed E-state index contributed by atoms with van der Waals surface area (Å²) in [6.45, 7) is 0.619. The second-order valence-electron chi connectivity index (χ2n) is 1.94. The van der Waals surface area contributed by atoms with Crippen LogP contribution in [0.15, 0.2) is 12.4 Å². The lowest BCUT2D eigenvalue weighted by Crippen LogP contribution is -1.96. The van der Waals surface area contributed by atoms with E-state index in [0.29, 0.717) is 18.7 Å². The molecule has 52 valence electrons. The molecule has 0 spiro atoms. The number of anilines is 1. The lowest BCUT2D eigenvalue weighted by Gasteiger charge is -1.91. The summed E-state index contributed by atoms with van der Waals surface area (Å²) in [4.78, 5) is 0. The van der Waals surface area contributed by atoms with Crippen molar-refractivity contribution in [3.05, 3.63) is 12.4 Å². The van der Waals surface area contributed by atoms with E-state index in [1.165, 1.54) is 0 Å². The fourth-order valence-electron chi connectivity index (χ4n) is 0.666. The van der Waals surface area contributed by atoms with Crippen molar-refractivity contribution in [1.82, 2.24) is 9.78 Å². The Labute approximate surface area is 58.9 Å². The van der Waals surface area contributed by atoms with E-state index >= 15 is 0 Å². The predicted molar refractivity (Wildman–Crippen MR) is 36.9 cm³/mol. The third-order valence-electron chi connectivity index (χ3n) is 1.11. The van der Waals surface area contributed by atoms with Gasteiger partial charge in [0.2, 0.25) is 0 Å². The Hall–Kier alpha value is -1.50. The van der Waals surface area contributed by atoms with Crippen molar-refractivity contribution >= 4 is 5.69 Å². The summed E-state index contributed by atoms with van der Waals surface area (Å²) in [5, 5.41) is 12.1. The van der Waals surface area contributed by atoms with Gasteiger partial charge in [0.15, 0.2) is 0 Å². The molecule has 0 saturated heterocycles. The van der Waals surface area contributed by atoms with Crippen LogP contribution in [-0.4, -0.2) is 9.78 Å².